The molecule has 31 heavy (non-hydrogen) atoms. The van der Waals surface area contributed by atoms with Crippen molar-refractivity contribution in [3.8, 4) is 40.4 Å². The van der Waals surface area contributed by atoms with Gasteiger partial charge in [-0.15, -0.1) is 45.3 Å². The molecule has 0 fully saturated rings. The van der Waals surface area contributed by atoms with Crippen molar-refractivity contribution < 1.29 is 0 Å². The molecule has 0 spiro atoms. The van der Waals surface area contributed by atoms with Crippen molar-refractivity contribution in [2.45, 2.75) is 13.8 Å². The maximum atomic E-state index is 4.68. The van der Waals surface area contributed by atoms with Gasteiger partial charge in [-0.2, -0.15) is 8.75 Å². The van der Waals surface area contributed by atoms with Crippen LogP contribution in [0.25, 0.3) is 51.4 Å². The van der Waals surface area contributed by atoms with E-state index in [1.54, 1.807) is 0 Å². The fourth-order valence-corrected chi connectivity index (χ4v) is 8.18. The van der Waals surface area contributed by atoms with Crippen LogP contribution in [0.3, 0.4) is 0 Å². The van der Waals surface area contributed by atoms with Gasteiger partial charge in [0.05, 0.1) is 11.7 Å². The first-order chi connectivity index (χ1) is 15.2. The third-order valence-electron chi connectivity index (χ3n) is 5.12. The van der Waals surface area contributed by atoms with E-state index in [-0.39, 0.29) is 0 Å². The summed E-state index contributed by atoms with van der Waals surface area (Å²) in [4.78, 5) is 10.4. The molecule has 1 aromatic carbocycles. The fourth-order valence-electron chi connectivity index (χ4n) is 3.63. The molecule has 6 rings (SSSR count). The molecule has 0 N–H and O–H groups in total. The Labute approximate surface area is 200 Å². The van der Waals surface area contributed by atoms with Crippen molar-refractivity contribution in [3.05, 3.63) is 70.4 Å². The summed E-state index contributed by atoms with van der Waals surface area (Å²) >= 11 is 8.64. The highest BCUT2D eigenvalue weighted by molar-refractivity contribution is 7.24. The Morgan fingerprint density at radius 1 is 0.452 bits per heavy atom. The molecule has 0 saturated carbocycles. The Balaban J connectivity index is 1.41. The van der Waals surface area contributed by atoms with Crippen LogP contribution < -0.4 is 0 Å². The smallest absolute Gasteiger partial charge is 0.114 e. The first kappa shape index (κ1) is 19.5. The molecule has 0 amide bonds. The van der Waals surface area contributed by atoms with Gasteiger partial charge in [0.2, 0.25) is 0 Å². The normalized spacial score (nSPS) is 11.5. The van der Waals surface area contributed by atoms with Crippen LogP contribution in [0.5, 0.6) is 0 Å². The standard InChI is InChI=1S/C24H16N2S5/c1-13-3-7-19(27-13)21-11-9-17(29-21)15-5-6-16(24-23(15)25-31-26-24)18-10-12-22(30-18)20-8-4-14(2)28-20/h3-12H,1-2H3. The molecule has 0 bridgehead atoms. The Bertz CT molecular complexity index is 1410. The van der Waals surface area contributed by atoms with Crippen LogP contribution in [0.2, 0.25) is 0 Å². The van der Waals surface area contributed by atoms with Crippen molar-refractivity contribution in [1.82, 2.24) is 8.75 Å². The molecule has 0 unspecified atom stereocenters. The lowest BCUT2D eigenvalue weighted by Crippen LogP contribution is -1.81. The minimum atomic E-state index is 1.00. The van der Waals surface area contributed by atoms with Crippen LogP contribution in [-0.2, 0) is 0 Å². The zero-order valence-electron chi connectivity index (χ0n) is 16.7. The molecule has 7 heteroatoms. The largest absolute Gasteiger partial charge is 0.172 e. The van der Waals surface area contributed by atoms with Crippen LogP contribution in [0.15, 0.2) is 60.7 Å². The molecule has 0 atom stereocenters. The van der Waals surface area contributed by atoms with Crippen molar-refractivity contribution in [1.29, 1.82) is 0 Å². The third kappa shape index (κ3) is 3.50. The van der Waals surface area contributed by atoms with Crippen LogP contribution in [0.1, 0.15) is 9.75 Å². The number of nitrogens with zero attached hydrogens (tertiary/aromatic N) is 2. The van der Waals surface area contributed by atoms with Gasteiger partial charge in [0.1, 0.15) is 11.0 Å². The lowest BCUT2D eigenvalue weighted by Gasteiger charge is -2.03. The molecule has 152 valence electrons. The lowest BCUT2D eigenvalue weighted by atomic mass is 10.1. The topological polar surface area (TPSA) is 25.8 Å². The second-order valence-corrected chi connectivity index (χ2v) is 12.5. The number of hydrogen-bond acceptors (Lipinski definition) is 7. The molecular formula is C24H16N2S5. The van der Waals surface area contributed by atoms with E-state index in [1.165, 1.54) is 61.9 Å². The Hall–Kier alpha value is -2.16. The molecule has 0 radical (unpaired) electrons. The second kappa shape index (κ2) is 7.76. The number of thiophene rings is 4. The van der Waals surface area contributed by atoms with Gasteiger partial charge in [-0.05, 0) is 62.4 Å². The van der Waals surface area contributed by atoms with E-state index in [1.807, 2.05) is 45.3 Å². The van der Waals surface area contributed by atoms with E-state index in [4.69, 9.17) is 0 Å². The number of aryl methyl sites for hydroxylation is 2. The summed E-state index contributed by atoms with van der Waals surface area (Å²) in [7, 11) is 0. The number of hydrogen-bond donors (Lipinski definition) is 0. The monoisotopic (exact) mass is 492 g/mol. The summed E-state index contributed by atoms with van der Waals surface area (Å²) in [5.41, 5.74) is 4.34. The highest BCUT2D eigenvalue weighted by Gasteiger charge is 2.17. The van der Waals surface area contributed by atoms with Crippen molar-refractivity contribution >= 4 is 68.1 Å². The maximum Gasteiger partial charge on any atom is 0.114 e. The summed E-state index contributed by atoms with van der Waals surface area (Å²) in [6, 6.07) is 22.1. The summed E-state index contributed by atoms with van der Waals surface area (Å²) in [5, 5.41) is 0. The minimum Gasteiger partial charge on any atom is -0.172 e. The lowest BCUT2D eigenvalue weighted by molar-refractivity contribution is 1.63. The van der Waals surface area contributed by atoms with Crippen LogP contribution in [-0.4, -0.2) is 8.75 Å². The Kier molecular flexibility index (Phi) is 4.89. The van der Waals surface area contributed by atoms with Crippen molar-refractivity contribution in [2.24, 2.45) is 0 Å². The van der Waals surface area contributed by atoms with Gasteiger partial charge in [0.25, 0.3) is 0 Å². The predicted octanol–water partition coefficient (Wildman–Crippen LogP) is 9.22. The van der Waals surface area contributed by atoms with E-state index < -0.39 is 0 Å². The van der Waals surface area contributed by atoms with Gasteiger partial charge >= 0.3 is 0 Å². The number of benzene rings is 1. The second-order valence-electron chi connectivity index (χ2n) is 7.27. The summed E-state index contributed by atoms with van der Waals surface area (Å²) in [6.07, 6.45) is 0. The first-order valence-electron chi connectivity index (χ1n) is 9.75. The summed E-state index contributed by atoms with van der Waals surface area (Å²) in [6.45, 7) is 4.31. The zero-order valence-corrected chi connectivity index (χ0v) is 20.8. The quantitative estimate of drug-likeness (QED) is 0.245. The number of aromatic nitrogens is 2. The molecule has 6 aromatic rings. The number of rotatable bonds is 4. The summed E-state index contributed by atoms with van der Waals surface area (Å²) in [5.74, 6) is 0. The van der Waals surface area contributed by atoms with E-state index in [9.17, 15) is 0 Å². The van der Waals surface area contributed by atoms with Gasteiger partial charge < -0.3 is 0 Å². The molecule has 0 aliphatic rings. The van der Waals surface area contributed by atoms with Crippen molar-refractivity contribution in [3.63, 3.8) is 0 Å². The zero-order chi connectivity index (χ0) is 20.9. The van der Waals surface area contributed by atoms with Gasteiger partial charge in [0.15, 0.2) is 0 Å². The van der Waals surface area contributed by atoms with E-state index in [0.29, 0.717) is 0 Å². The molecule has 2 nitrogen and oxygen atoms in total. The maximum absolute atomic E-state index is 4.68. The van der Waals surface area contributed by atoms with Crippen molar-refractivity contribution in [2.75, 3.05) is 0 Å². The fraction of sp³-hybridized carbons (Fsp3) is 0.0833. The SMILES string of the molecule is Cc1ccc(-c2ccc(-c3ccc(-c4ccc(-c5ccc(C)s5)s4)c4nsnc34)s2)s1. The molecule has 0 saturated heterocycles. The molecule has 0 aliphatic carbocycles. The van der Waals surface area contributed by atoms with Crippen LogP contribution in [0, 0.1) is 13.8 Å². The summed E-state index contributed by atoms with van der Waals surface area (Å²) < 4.78 is 9.36. The molecule has 5 aromatic heterocycles. The first-order valence-corrected chi connectivity index (χ1v) is 13.7. The highest BCUT2D eigenvalue weighted by Crippen LogP contribution is 2.43. The van der Waals surface area contributed by atoms with Crippen LogP contribution in [0.4, 0.5) is 0 Å². The Morgan fingerprint density at radius 2 is 0.839 bits per heavy atom. The molecular weight excluding hydrogens is 477 g/mol. The van der Waals surface area contributed by atoms with Crippen LogP contribution >= 0.6 is 57.1 Å². The van der Waals surface area contributed by atoms with E-state index in [0.717, 1.165) is 11.0 Å². The van der Waals surface area contributed by atoms with Gasteiger partial charge in [0, 0.05) is 50.1 Å². The van der Waals surface area contributed by atoms with Gasteiger partial charge in [-0.1, -0.05) is 12.1 Å². The highest BCUT2D eigenvalue weighted by atomic mass is 32.1. The molecule has 5 heterocycles. The molecule has 0 aliphatic heterocycles. The van der Waals surface area contributed by atoms with Gasteiger partial charge in [-0.3, -0.25) is 0 Å². The predicted molar refractivity (Wildman–Crippen MR) is 140 cm³/mol. The van der Waals surface area contributed by atoms with Gasteiger partial charge in [-0.25, -0.2) is 0 Å². The van der Waals surface area contributed by atoms with E-state index in [2.05, 4.69) is 83.3 Å². The van der Waals surface area contributed by atoms with E-state index >= 15 is 0 Å². The Morgan fingerprint density at radius 3 is 1.26 bits per heavy atom. The average molecular weight is 493 g/mol. The average Bonchev–Trinajstić information content (AvgIpc) is 3.57. The number of fused-ring (bicyclic) bond motifs is 1. The third-order valence-corrected chi connectivity index (χ3v) is 10.3. The minimum absolute atomic E-state index is 1.00.